The van der Waals surface area contributed by atoms with E-state index in [4.69, 9.17) is 4.74 Å². The summed E-state index contributed by atoms with van der Waals surface area (Å²) in [6.45, 7) is 8.46. The molecule has 0 unspecified atom stereocenters. The lowest BCUT2D eigenvalue weighted by atomic mass is 10.2. The lowest BCUT2D eigenvalue weighted by molar-refractivity contribution is 0.0240. The van der Waals surface area contributed by atoms with E-state index in [0.717, 1.165) is 34.6 Å². The molecule has 0 bridgehead atoms. The van der Waals surface area contributed by atoms with E-state index in [2.05, 4.69) is 48.3 Å². The largest absolute Gasteiger partial charge is 0.444 e. The van der Waals surface area contributed by atoms with Gasteiger partial charge >= 0.3 is 6.09 Å². The van der Waals surface area contributed by atoms with Gasteiger partial charge in [0.05, 0.1) is 5.69 Å². The highest BCUT2D eigenvalue weighted by atomic mass is 79.9. The average molecular weight is 459 g/mol. The van der Waals surface area contributed by atoms with Gasteiger partial charge in [-0.2, -0.15) is 4.68 Å². The maximum Gasteiger partial charge on any atom is 0.410 e. The van der Waals surface area contributed by atoms with E-state index in [9.17, 15) is 4.79 Å². The summed E-state index contributed by atoms with van der Waals surface area (Å²) in [5.41, 5.74) is 2.99. The van der Waals surface area contributed by atoms with Gasteiger partial charge in [0.25, 0.3) is 0 Å². The number of fused-ring (bicyclic) bond motifs is 1. The Balaban J connectivity index is 1.44. The van der Waals surface area contributed by atoms with E-state index >= 15 is 0 Å². The molecule has 1 saturated heterocycles. The van der Waals surface area contributed by atoms with Gasteiger partial charge in [-0.3, -0.25) is 0 Å². The molecule has 0 aliphatic carbocycles. The van der Waals surface area contributed by atoms with Gasteiger partial charge in [-0.1, -0.05) is 5.21 Å². The van der Waals surface area contributed by atoms with E-state index in [1.54, 1.807) is 9.58 Å². The van der Waals surface area contributed by atoms with Crippen LogP contribution in [-0.2, 0) is 4.74 Å². The molecule has 152 valence electrons. The molecule has 0 radical (unpaired) electrons. The van der Waals surface area contributed by atoms with Crippen molar-refractivity contribution in [1.29, 1.82) is 0 Å². The molecule has 0 N–H and O–H groups in total. The quantitative estimate of drug-likeness (QED) is 0.545. The highest BCUT2D eigenvalue weighted by molar-refractivity contribution is 9.10. The van der Waals surface area contributed by atoms with Crippen molar-refractivity contribution in [2.45, 2.75) is 26.4 Å². The van der Waals surface area contributed by atoms with Gasteiger partial charge in [0.15, 0.2) is 5.65 Å². The number of rotatable bonds is 2. The van der Waals surface area contributed by atoms with E-state index in [0.29, 0.717) is 18.7 Å². The Labute approximate surface area is 177 Å². The second kappa shape index (κ2) is 7.62. The molecular formula is C20H23BrN6O2. The number of pyridine rings is 1. The number of halogens is 1. The molecule has 9 heteroatoms. The standard InChI is InChI=1S/C20H23BrN6O2/c1-20(2,3)29-19(28)26-12-10-25(11-13-26)14-4-6-15(7-5-14)27-18-16(23-24-27)8-9-17(21)22-18/h4-9H,10-13H2,1-3H3. The minimum absolute atomic E-state index is 0.246. The zero-order chi connectivity index (χ0) is 20.6. The fourth-order valence-electron chi connectivity index (χ4n) is 3.24. The number of aromatic nitrogens is 4. The number of anilines is 1. The van der Waals surface area contributed by atoms with Crippen molar-refractivity contribution in [1.82, 2.24) is 24.9 Å². The Morgan fingerprint density at radius 3 is 2.31 bits per heavy atom. The average Bonchev–Trinajstić information content (AvgIpc) is 3.10. The molecule has 0 spiro atoms. The van der Waals surface area contributed by atoms with Gasteiger partial charge in [-0.05, 0) is 73.1 Å². The summed E-state index contributed by atoms with van der Waals surface area (Å²) in [7, 11) is 0. The zero-order valence-electron chi connectivity index (χ0n) is 16.7. The molecule has 3 heterocycles. The maximum atomic E-state index is 12.2. The molecular weight excluding hydrogens is 436 g/mol. The predicted octanol–water partition coefficient (Wildman–Crippen LogP) is 3.64. The van der Waals surface area contributed by atoms with Gasteiger partial charge in [0.2, 0.25) is 0 Å². The number of hydrogen-bond acceptors (Lipinski definition) is 6. The highest BCUT2D eigenvalue weighted by Gasteiger charge is 2.26. The minimum atomic E-state index is -0.472. The second-order valence-electron chi connectivity index (χ2n) is 7.95. The van der Waals surface area contributed by atoms with Crippen LogP contribution in [0, 0.1) is 0 Å². The van der Waals surface area contributed by atoms with E-state index in [-0.39, 0.29) is 6.09 Å². The lowest BCUT2D eigenvalue weighted by Gasteiger charge is -2.36. The van der Waals surface area contributed by atoms with Gasteiger partial charge in [0, 0.05) is 31.9 Å². The highest BCUT2D eigenvalue weighted by Crippen LogP contribution is 2.22. The zero-order valence-corrected chi connectivity index (χ0v) is 18.3. The third-order valence-corrected chi connectivity index (χ3v) is 5.10. The molecule has 4 rings (SSSR count). The predicted molar refractivity (Wildman–Crippen MR) is 114 cm³/mol. The molecule has 1 aliphatic rings. The Morgan fingerprint density at radius 2 is 1.66 bits per heavy atom. The summed E-state index contributed by atoms with van der Waals surface area (Å²) in [4.78, 5) is 20.7. The van der Waals surface area contributed by atoms with Crippen LogP contribution in [0.5, 0.6) is 0 Å². The number of piperazine rings is 1. The van der Waals surface area contributed by atoms with Crippen molar-refractivity contribution in [2.24, 2.45) is 0 Å². The van der Waals surface area contributed by atoms with Crippen molar-refractivity contribution in [3.05, 3.63) is 41.0 Å². The Morgan fingerprint density at radius 1 is 1.00 bits per heavy atom. The SMILES string of the molecule is CC(C)(C)OC(=O)N1CCN(c2ccc(-n3nnc4ccc(Br)nc43)cc2)CC1. The van der Waals surface area contributed by atoms with Crippen LogP contribution in [0.4, 0.5) is 10.5 Å². The second-order valence-corrected chi connectivity index (χ2v) is 8.76. The number of benzene rings is 1. The summed E-state index contributed by atoms with van der Waals surface area (Å²) in [6, 6.07) is 11.9. The number of ether oxygens (including phenoxy) is 1. The van der Waals surface area contributed by atoms with Crippen LogP contribution in [0.1, 0.15) is 20.8 Å². The summed E-state index contributed by atoms with van der Waals surface area (Å²) < 4.78 is 7.93. The van der Waals surface area contributed by atoms with Crippen LogP contribution >= 0.6 is 15.9 Å². The molecule has 1 aliphatic heterocycles. The number of carbonyl (C=O) groups is 1. The van der Waals surface area contributed by atoms with Gasteiger partial charge in [-0.25, -0.2) is 9.78 Å². The number of carbonyl (C=O) groups excluding carboxylic acids is 1. The smallest absolute Gasteiger partial charge is 0.410 e. The van der Waals surface area contributed by atoms with Crippen LogP contribution in [0.2, 0.25) is 0 Å². The van der Waals surface area contributed by atoms with Crippen molar-refractivity contribution >= 4 is 38.9 Å². The molecule has 1 amide bonds. The summed E-state index contributed by atoms with van der Waals surface area (Å²) in [5, 5.41) is 8.39. The van der Waals surface area contributed by atoms with Crippen molar-refractivity contribution in [2.75, 3.05) is 31.1 Å². The van der Waals surface area contributed by atoms with Crippen LogP contribution in [0.25, 0.3) is 16.9 Å². The molecule has 3 aromatic rings. The Bertz CT molecular complexity index is 1020. The van der Waals surface area contributed by atoms with E-state index in [1.165, 1.54) is 0 Å². The monoisotopic (exact) mass is 458 g/mol. The third-order valence-electron chi connectivity index (χ3n) is 4.65. The third kappa shape index (κ3) is 4.34. The molecule has 0 saturated carbocycles. The first-order valence-electron chi connectivity index (χ1n) is 9.51. The lowest BCUT2D eigenvalue weighted by Crippen LogP contribution is -2.50. The molecule has 1 fully saturated rings. The topological polar surface area (TPSA) is 76.4 Å². The molecule has 2 aromatic heterocycles. The molecule has 0 atom stereocenters. The summed E-state index contributed by atoms with van der Waals surface area (Å²) >= 11 is 3.39. The Kier molecular flexibility index (Phi) is 5.16. The van der Waals surface area contributed by atoms with Crippen molar-refractivity contribution in [3.63, 3.8) is 0 Å². The summed E-state index contributed by atoms with van der Waals surface area (Å²) in [6.07, 6.45) is -0.246. The van der Waals surface area contributed by atoms with Crippen LogP contribution in [0.15, 0.2) is 41.0 Å². The van der Waals surface area contributed by atoms with Gasteiger partial charge in [-0.15, -0.1) is 5.10 Å². The van der Waals surface area contributed by atoms with Gasteiger partial charge < -0.3 is 14.5 Å². The fraction of sp³-hybridized carbons (Fsp3) is 0.400. The first kappa shape index (κ1) is 19.6. The van der Waals surface area contributed by atoms with Crippen LogP contribution in [-0.4, -0.2) is 62.8 Å². The van der Waals surface area contributed by atoms with E-state index in [1.807, 2.05) is 45.0 Å². The minimum Gasteiger partial charge on any atom is -0.444 e. The number of amides is 1. The summed E-state index contributed by atoms with van der Waals surface area (Å²) in [5.74, 6) is 0. The van der Waals surface area contributed by atoms with Gasteiger partial charge in [0.1, 0.15) is 15.7 Å². The maximum absolute atomic E-state index is 12.2. The van der Waals surface area contributed by atoms with Crippen molar-refractivity contribution < 1.29 is 9.53 Å². The first-order chi connectivity index (χ1) is 13.8. The molecule has 8 nitrogen and oxygen atoms in total. The first-order valence-corrected chi connectivity index (χ1v) is 10.3. The normalized spacial score (nSPS) is 15.0. The fourth-order valence-corrected chi connectivity index (χ4v) is 3.54. The number of nitrogens with zero attached hydrogens (tertiary/aromatic N) is 6. The number of hydrogen-bond donors (Lipinski definition) is 0. The Hall–Kier alpha value is -2.68. The van der Waals surface area contributed by atoms with Crippen molar-refractivity contribution in [3.8, 4) is 5.69 Å². The van der Waals surface area contributed by atoms with Crippen LogP contribution in [0.3, 0.4) is 0 Å². The molecule has 1 aromatic carbocycles. The molecule has 29 heavy (non-hydrogen) atoms. The van der Waals surface area contributed by atoms with E-state index < -0.39 is 5.60 Å². The van der Waals surface area contributed by atoms with Crippen LogP contribution < -0.4 is 4.90 Å².